The number of carbonyl (C=O) groups is 1. The molecule has 0 saturated carbocycles. The highest BCUT2D eigenvalue weighted by atomic mass is 16.5. The number of esters is 1. The maximum Gasteiger partial charge on any atom is 0.323 e. The number of aliphatic hydroxyl groups is 1. The lowest BCUT2D eigenvalue weighted by molar-refractivity contribution is -0.146. The minimum absolute atomic E-state index is 0.0368. The van der Waals surface area contributed by atoms with Crippen LogP contribution in [0.5, 0.6) is 0 Å². The van der Waals surface area contributed by atoms with Gasteiger partial charge in [-0.3, -0.25) is 4.79 Å². The predicted octanol–water partition coefficient (Wildman–Crippen LogP) is 2.78. The van der Waals surface area contributed by atoms with E-state index in [9.17, 15) is 4.79 Å². The molecular formula is C17H34N2O3. The first-order valence-corrected chi connectivity index (χ1v) is 8.51. The van der Waals surface area contributed by atoms with Crippen LogP contribution in [0.3, 0.4) is 0 Å². The number of aliphatic hydroxyl groups excluding tert-OH is 1. The Balaban J connectivity index is 0.000000372. The van der Waals surface area contributed by atoms with Gasteiger partial charge < -0.3 is 20.5 Å². The molecule has 1 atom stereocenters. The van der Waals surface area contributed by atoms with Crippen molar-refractivity contribution in [3.05, 3.63) is 12.8 Å². The summed E-state index contributed by atoms with van der Waals surface area (Å²) in [5.74, 6) is 0.901. The molecule has 2 fully saturated rings. The highest BCUT2D eigenvalue weighted by Gasteiger charge is 2.21. The number of piperidine rings is 2. The minimum Gasteiger partial charge on any atom is -0.516 e. The average Bonchev–Trinajstić information content (AvgIpc) is 2.55. The molecular weight excluding hydrogens is 280 g/mol. The van der Waals surface area contributed by atoms with Crippen LogP contribution >= 0.6 is 0 Å². The Labute approximate surface area is 135 Å². The van der Waals surface area contributed by atoms with E-state index in [1.165, 1.54) is 32.4 Å². The molecule has 5 nitrogen and oxygen atoms in total. The Morgan fingerprint density at radius 1 is 1.27 bits per heavy atom. The molecule has 0 amide bonds. The van der Waals surface area contributed by atoms with Gasteiger partial charge in [-0.1, -0.05) is 26.8 Å². The van der Waals surface area contributed by atoms with Crippen LogP contribution in [-0.4, -0.2) is 43.4 Å². The van der Waals surface area contributed by atoms with Crippen LogP contribution in [0.2, 0.25) is 0 Å². The molecule has 0 spiro atoms. The van der Waals surface area contributed by atoms with E-state index < -0.39 is 0 Å². The van der Waals surface area contributed by atoms with E-state index in [1.54, 1.807) is 0 Å². The van der Waals surface area contributed by atoms with Gasteiger partial charge in [-0.25, -0.2) is 0 Å². The summed E-state index contributed by atoms with van der Waals surface area (Å²) in [5.41, 5.74) is 0. The van der Waals surface area contributed by atoms with Crippen molar-refractivity contribution in [3.63, 3.8) is 0 Å². The molecule has 2 rings (SSSR count). The second-order valence-corrected chi connectivity index (χ2v) is 5.79. The van der Waals surface area contributed by atoms with Gasteiger partial charge in [0.05, 0.1) is 12.9 Å². The van der Waals surface area contributed by atoms with Crippen LogP contribution in [0, 0.1) is 5.92 Å². The van der Waals surface area contributed by atoms with Crippen molar-refractivity contribution in [2.45, 2.75) is 58.4 Å². The SMILES string of the molecule is C=CO.CC1CCNCC1.CCCOC(=O)C1CCCCN1. The molecule has 0 aromatic heterocycles. The molecule has 1 unspecified atom stereocenters. The third kappa shape index (κ3) is 11.6. The van der Waals surface area contributed by atoms with Crippen LogP contribution in [0.15, 0.2) is 12.8 Å². The molecule has 2 saturated heterocycles. The predicted molar refractivity (Wildman–Crippen MR) is 91.0 cm³/mol. The molecule has 2 aliphatic heterocycles. The number of nitrogens with one attached hydrogen (secondary N) is 2. The van der Waals surface area contributed by atoms with Crippen molar-refractivity contribution in [3.8, 4) is 0 Å². The number of ether oxygens (including phenoxy) is 1. The summed E-state index contributed by atoms with van der Waals surface area (Å²) in [5, 5.41) is 13.8. The highest BCUT2D eigenvalue weighted by molar-refractivity contribution is 5.75. The third-order valence-electron chi connectivity index (χ3n) is 3.67. The molecule has 0 radical (unpaired) electrons. The Kier molecular flexibility index (Phi) is 14.1. The number of rotatable bonds is 3. The third-order valence-corrected chi connectivity index (χ3v) is 3.67. The van der Waals surface area contributed by atoms with E-state index in [0.29, 0.717) is 6.61 Å². The monoisotopic (exact) mass is 314 g/mol. The first kappa shape index (κ1) is 20.9. The van der Waals surface area contributed by atoms with Crippen molar-refractivity contribution in [2.75, 3.05) is 26.2 Å². The van der Waals surface area contributed by atoms with E-state index in [1.807, 2.05) is 6.92 Å². The van der Waals surface area contributed by atoms with E-state index in [0.717, 1.165) is 38.0 Å². The van der Waals surface area contributed by atoms with Gasteiger partial charge in [0.25, 0.3) is 0 Å². The zero-order chi connectivity index (χ0) is 16.6. The van der Waals surface area contributed by atoms with Gasteiger partial charge in [0.15, 0.2) is 0 Å². The zero-order valence-electron chi connectivity index (χ0n) is 14.3. The van der Waals surface area contributed by atoms with Crippen LogP contribution in [0.25, 0.3) is 0 Å². The molecule has 2 heterocycles. The molecule has 130 valence electrons. The Morgan fingerprint density at radius 2 is 1.91 bits per heavy atom. The van der Waals surface area contributed by atoms with E-state index in [2.05, 4.69) is 24.1 Å². The van der Waals surface area contributed by atoms with Gasteiger partial charge in [-0.15, -0.1) is 0 Å². The Hall–Kier alpha value is -1.07. The lowest BCUT2D eigenvalue weighted by Gasteiger charge is -2.21. The van der Waals surface area contributed by atoms with Crippen molar-refractivity contribution >= 4 is 5.97 Å². The maximum absolute atomic E-state index is 11.3. The van der Waals surface area contributed by atoms with Crippen LogP contribution in [0.1, 0.15) is 52.4 Å². The lowest BCUT2D eigenvalue weighted by atomic mass is 10.0. The molecule has 0 aromatic rings. The first-order chi connectivity index (χ1) is 10.7. The second-order valence-electron chi connectivity index (χ2n) is 5.79. The molecule has 3 N–H and O–H groups in total. The Morgan fingerprint density at radius 3 is 2.32 bits per heavy atom. The molecule has 0 aromatic carbocycles. The summed E-state index contributed by atoms with van der Waals surface area (Å²) in [6.45, 7) is 11.2. The normalized spacial score (nSPS) is 21.5. The average molecular weight is 314 g/mol. The fourth-order valence-corrected chi connectivity index (χ4v) is 2.32. The summed E-state index contributed by atoms with van der Waals surface area (Å²) in [6.07, 6.45) is 7.65. The van der Waals surface area contributed by atoms with Gasteiger partial charge in [0.2, 0.25) is 0 Å². The molecule has 0 aliphatic carbocycles. The molecule has 2 aliphatic rings. The topological polar surface area (TPSA) is 70.6 Å². The standard InChI is InChI=1S/C9H17NO2.C6H13N.C2H4O/c1-2-7-12-9(11)8-5-3-4-6-10-8;1-6-2-4-7-5-3-6;1-2-3/h8,10H,2-7H2,1H3;6-7H,2-5H2,1H3;2-3H,1H2. The van der Waals surface area contributed by atoms with Crippen LogP contribution < -0.4 is 10.6 Å². The maximum atomic E-state index is 11.3. The Bertz CT molecular complexity index is 273. The highest BCUT2D eigenvalue weighted by Crippen LogP contribution is 2.08. The van der Waals surface area contributed by atoms with Crippen LogP contribution in [0.4, 0.5) is 0 Å². The van der Waals surface area contributed by atoms with Gasteiger partial charge >= 0.3 is 5.97 Å². The van der Waals surface area contributed by atoms with E-state index in [4.69, 9.17) is 9.84 Å². The quantitative estimate of drug-likeness (QED) is 0.552. The largest absolute Gasteiger partial charge is 0.516 e. The second kappa shape index (κ2) is 14.9. The summed E-state index contributed by atoms with van der Waals surface area (Å²) in [6, 6.07) is -0.0368. The van der Waals surface area contributed by atoms with Crippen molar-refractivity contribution in [1.29, 1.82) is 0 Å². The van der Waals surface area contributed by atoms with Crippen molar-refractivity contribution in [2.24, 2.45) is 5.92 Å². The van der Waals surface area contributed by atoms with Crippen molar-refractivity contribution in [1.82, 2.24) is 10.6 Å². The van der Waals surface area contributed by atoms with Gasteiger partial charge in [-0.05, 0) is 57.7 Å². The number of hydrogen-bond acceptors (Lipinski definition) is 5. The van der Waals surface area contributed by atoms with Gasteiger partial charge in [0, 0.05) is 0 Å². The summed E-state index contributed by atoms with van der Waals surface area (Å²) < 4.78 is 5.03. The first-order valence-electron chi connectivity index (χ1n) is 8.51. The molecule has 0 bridgehead atoms. The van der Waals surface area contributed by atoms with Gasteiger partial charge in [0.1, 0.15) is 6.04 Å². The van der Waals surface area contributed by atoms with E-state index in [-0.39, 0.29) is 12.0 Å². The van der Waals surface area contributed by atoms with E-state index >= 15 is 0 Å². The summed E-state index contributed by atoms with van der Waals surface area (Å²) >= 11 is 0. The van der Waals surface area contributed by atoms with Crippen molar-refractivity contribution < 1.29 is 14.6 Å². The fraction of sp³-hybridized carbons (Fsp3) is 0.824. The van der Waals surface area contributed by atoms with Crippen LogP contribution in [-0.2, 0) is 9.53 Å². The smallest absolute Gasteiger partial charge is 0.323 e. The summed E-state index contributed by atoms with van der Waals surface area (Å²) in [7, 11) is 0. The summed E-state index contributed by atoms with van der Waals surface area (Å²) in [4.78, 5) is 11.3. The fourth-order valence-electron chi connectivity index (χ4n) is 2.32. The number of hydrogen-bond donors (Lipinski definition) is 3. The molecule has 5 heteroatoms. The lowest BCUT2D eigenvalue weighted by Crippen LogP contribution is -2.41. The zero-order valence-corrected chi connectivity index (χ0v) is 14.3. The molecule has 22 heavy (non-hydrogen) atoms. The minimum atomic E-state index is -0.0726. The van der Waals surface area contributed by atoms with Gasteiger partial charge in [-0.2, -0.15) is 0 Å². The number of carbonyl (C=O) groups excluding carboxylic acids is 1.